The number of nitrogens with zero attached hydrogens (tertiary/aromatic N) is 1. The van der Waals surface area contributed by atoms with Crippen molar-refractivity contribution in [1.29, 1.82) is 0 Å². The quantitative estimate of drug-likeness (QED) is 0.759. The van der Waals surface area contributed by atoms with Gasteiger partial charge in [-0.1, -0.05) is 0 Å². The molecule has 2 heterocycles. The standard InChI is InChI=1S/C11H21NO4S/c13-10-7-9(16-8-11(10)14)3-6-17(15)5-2-1-4-12-17/h9-11,13-14H,1-8H2/t9-,10+,11-,17?/m1/s1. The lowest BCUT2D eigenvalue weighted by molar-refractivity contribution is -0.121. The number of hydrogen-bond donors (Lipinski definition) is 2. The summed E-state index contributed by atoms with van der Waals surface area (Å²) in [5, 5.41) is 18.8. The van der Waals surface area contributed by atoms with E-state index in [-0.39, 0.29) is 12.7 Å². The molecule has 0 radical (unpaired) electrons. The minimum atomic E-state index is -2.02. The first-order valence-electron chi connectivity index (χ1n) is 6.25. The van der Waals surface area contributed by atoms with Crippen LogP contribution in [0.2, 0.25) is 0 Å². The largest absolute Gasteiger partial charge is 0.390 e. The summed E-state index contributed by atoms with van der Waals surface area (Å²) in [6.45, 7) is 0.885. The van der Waals surface area contributed by atoms with Gasteiger partial charge in [-0.2, -0.15) is 0 Å². The fraction of sp³-hybridized carbons (Fsp3) is 1.00. The number of hydrogen-bond acceptors (Lipinski definition) is 5. The molecule has 0 bridgehead atoms. The van der Waals surface area contributed by atoms with E-state index in [1.807, 2.05) is 0 Å². The second-order valence-electron chi connectivity index (χ2n) is 4.86. The zero-order valence-corrected chi connectivity index (χ0v) is 10.8. The van der Waals surface area contributed by atoms with Gasteiger partial charge in [-0.25, -0.2) is 8.57 Å². The average Bonchev–Trinajstić information content (AvgIpc) is 2.32. The summed E-state index contributed by atoms with van der Waals surface area (Å²) in [5.41, 5.74) is 0. The Hall–Kier alpha value is -0.170. The Morgan fingerprint density at radius 3 is 2.76 bits per heavy atom. The molecule has 0 aliphatic carbocycles. The van der Waals surface area contributed by atoms with Crippen LogP contribution in [0.3, 0.4) is 0 Å². The predicted octanol–water partition coefficient (Wildman–Crippen LogP) is 0.149. The monoisotopic (exact) mass is 263 g/mol. The fourth-order valence-electron chi connectivity index (χ4n) is 2.26. The van der Waals surface area contributed by atoms with Gasteiger partial charge in [-0.3, -0.25) is 0 Å². The maximum atomic E-state index is 12.3. The molecule has 1 saturated heterocycles. The Morgan fingerprint density at radius 2 is 2.12 bits per heavy atom. The van der Waals surface area contributed by atoms with E-state index in [4.69, 9.17) is 4.74 Å². The topological polar surface area (TPSA) is 79.1 Å². The summed E-state index contributed by atoms with van der Waals surface area (Å²) in [4.78, 5) is 0. The van der Waals surface area contributed by atoms with E-state index in [0.717, 1.165) is 12.8 Å². The predicted molar refractivity (Wildman–Crippen MR) is 65.4 cm³/mol. The highest BCUT2D eigenvalue weighted by molar-refractivity contribution is 7.93. The summed E-state index contributed by atoms with van der Waals surface area (Å²) in [6.07, 6.45) is 1.54. The number of ether oxygens (including phenoxy) is 1. The molecule has 0 aromatic rings. The Labute approximate surface area is 102 Å². The van der Waals surface area contributed by atoms with Crippen molar-refractivity contribution < 1.29 is 19.2 Å². The van der Waals surface area contributed by atoms with Crippen molar-refractivity contribution in [3.05, 3.63) is 0 Å². The van der Waals surface area contributed by atoms with Crippen LogP contribution in [0, 0.1) is 0 Å². The summed E-state index contributed by atoms with van der Waals surface area (Å²) in [7, 11) is -2.02. The second kappa shape index (κ2) is 5.65. The van der Waals surface area contributed by atoms with Gasteiger partial charge in [0.05, 0.1) is 18.8 Å². The van der Waals surface area contributed by atoms with Crippen LogP contribution in [0.15, 0.2) is 4.36 Å². The minimum absolute atomic E-state index is 0.0937. The van der Waals surface area contributed by atoms with E-state index >= 15 is 0 Å². The fourth-order valence-corrected chi connectivity index (χ4v) is 4.47. The van der Waals surface area contributed by atoms with Gasteiger partial charge in [0, 0.05) is 34.2 Å². The molecule has 0 saturated carbocycles. The smallest absolute Gasteiger partial charge is 0.103 e. The van der Waals surface area contributed by atoms with E-state index in [0.29, 0.717) is 30.9 Å². The lowest BCUT2D eigenvalue weighted by atomic mass is 10.0. The van der Waals surface area contributed by atoms with Crippen LogP contribution in [-0.4, -0.2) is 57.4 Å². The van der Waals surface area contributed by atoms with Crippen LogP contribution in [-0.2, 0) is 14.5 Å². The third-order valence-electron chi connectivity index (χ3n) is 3.41. The van der Waals surface area contributed by atoms with E-state index in [2.05, 4.69) is 4.36 Å². The van der Waals surface area contributed by atoms with Crippen LogP contribution < -0.4 is 0 Å². The molecule has 0 aromatic carbocycles. The van der Waals surface area contributed by atoms with Crippen LogP contribution >= 0.6 is 0 Å². The molecular formula is C11H21NO4S. The highest BCUT2D eigenvalue weighted by atomic mass is 32.2. The first-order chi connectivity index (χ1) is 8.09. The number of aliphatic hydroxyl groups excluding tert-OH is 2. The van der Waals surface area contributed by atoms with E-state index in [1.54, 1.807) is 0 Å². The third kappa shape index (κ3) is 3.64. The molecule has 0 amide bonds. The summed E-state index contributed by atoms with van der Waals surface area (Å²) in [5.74, 6) is 1.26. The molecule has 1 unspecified atom stereocenters. The van der Waals surface area contributed by atoms with Crippen molar-refractivity contribution in [1.82, 2.24) is 0 Å². The van der Waals surface area contributed by atoms with Gasteiger partial charge >= 0.3 is 0 Å². The molecule has 2 aliphatic heterocycles. The zero-order chi connectivity index (χ0) is 12.3. The molecule has 17 heavy (non-hydrogen) atoms. The molecule has 0 aromatic heterocycles. The number of aliphatic hydroxyl groups is 2. The van der Waals surface area contributed by atoms with Gasteiger partial charge in [0.2, 0.25) is 0 Å². The highest BCUT2D eigenvalue weighted by Crippen LogP contribution is 2.19. The molecule has 2 N–H and O–H groups in total. The number of rotatable bonds is 3. The Kier molecular flexibility index (Phi) is 4.41. The van der Waals surface area contributed by atoms with Crippen molar-refractivity contribution in [3.63, 3.8) is 0 Å². The SMILES string of the molecule is O=S1(CC[C@@H]2C[C@H](O)[C@H](O)CO2)=NCCCC1. The molecule has 100 valence electrons. The van der Waals surface area contributed by atoms with Crippen LogP contribution in [0.5, 0.6) is 0 Å². The van der Waals surface area contributed by atoms with Gasteiger partial charge in [0.15, 0.2) is 0 Å². The van der Waals surface area contributed by atoms with Crippen LogP contribution in [0.1, 0.15) is 25.7 Å². The molecule has 5 nitrogen and oxygen atoms in total. The maximum Gasteiger partial charge on any atom is 0.103 e. The van der Waals surface area contributed by atoms with Crippen LogP contribution in [0.25, 0.3) is 0 Å². The first-order valence-corrected chi connectivity index (χ1v) is 8.10. The molecular weight excluding hydrogens is 242 g/mol. The van der Waals surface area contributed by atoms with Crippen molar-refractivity contribution in [2.24, 2.45) is 4.36 Å². The lowest BCUT2D eigenvalue weighted by Gasteiger charge is -2.30. The Bertz CT molecular complexity index is 364. The molecule has 4 atom stereocenters. The molecule has 6 heteroatoms. The normalized spacial score (nSPS) is 43.1. The Balaban J connectivity index is 1.82. The molecule has 2 rings (SSSR count). The average molecular weight is 263 g/mol. The van der Waals surface area contributed by atoms with Crippen molar-refractivity contribution in [2.45, 2.75) is 44.0 Å². The molecule has 0 spiro atoms. The van der Waals surface area contributed by atoms with Gasteiger partial charge in [-0.05, 0) is 19.3 Å². The lowest BCUT2D eigenvalue weighted by Crippen LogP contribution is -2.41. The van der Waals surface area contributed by atoms with Gasteiger partial charge in [-0.15, -0.1) is 0 Å². The molecule has 1 fully saturated rings. The van der Waals surface area contributed by atoms with Gasteiger partial charge in [0.25, 0.3) is 0 Å². The highest BCUT2D eigenvalue weighted by Gasteiger charge is 2.28. The summed E-state index contributed by atoms with van der Waals surface area (Å²) in [6, 6.07) is 0. The van der Waals surface area contributed by atoms with Crippen LogP contribution in [0.4, 0.5) is 0 Å². The Morgan fingerprint density at radius 1 is 1.29 bits per heavy atom. The van der Waals surface area contributed by atoms with Gasteiger partial charge < -0.3 is 14.9 Å². The van der Waals surface area contributed by atoms with Crippen molar-refractivity contribution in [2.75, 3.05) is 24.7 Å². The summed E-state index contributed by atoms with van der Waals surface area (Å²) < 4.78 is 21.9. The van der Waals surface area contributed by atoms with Crippen molar-refractivity contribution in [3.8, 4) is 0 Å². The van der Waals surface area contributed by atoms with E-state index < -0.39 is 21.9 Å². The first kappa shape index (κ1) is 13.3. The summed E-state index contributed by atoms with van der Waals surface area (Å²) >= 11 is 0. The maximum absolute atomic E-state index is 12.3. The van der Waals surface area contributed by atoms with Crippen molar-refractivity contribution >= 4 is 9.73 Å². The zero-order valence-electron chi connectivity index (χ0n) is 9.96. The minimum Gasteiger partial charge on any atom is -0.390 e. The second-order valence-corrected chi connectivity index (χ2v) is 7.47. The van der Waals surface area contributed by atoms with E-state index in [1.165, 1.54) is 0 Å². The molecule has 2 aliphatic rings. The third-order valence-corrected chi connectivity index (χ3v) is 5.86. The van der Waals surface area contributed by atoms with Gasteiger partial charge in [0.1, 0.15) is 6.10 Å². The van der Waals surface area contributed by atoms with E-state index in [9.17, 15) is 14.4 Å².